The molecule has 3 N–H and O–H groups in total. The molecule has 0 atom stereocenters. The number of ether oxygens (including phenoxy) is 1. The van der Waals surface area contributed by atoms with E-state index in [4.69, 9.17) is 22.2 Å². The molecule has 10 heteroatoms. The van der Waals surface area contributed by atoms with Crippen LogP contribution in [-0.4, -0.2) is 20.6 Å². The average Bonchev–Trinajstić information content (AvgIpc) is 2.85. The number of nitrogens with zero attached hydrogens (tertiary/aromatic N) is 3. The van der Waals surface area contributed by atoms with Crippen LogP contribution in [0.2, 0.25) is 5.02 Å². The van der Waals surface area contributed by atoms with Crippen molar-refractivity contribution in [3.05, 3.63) is 51.3 Å². The lowest BCUT2D eigenvalue weighted by Crippen LogP contribution is -2.30. The summed E-state index contributed by atoms with van der Waals surface area (Å²) in [6.07, 6.45) is 1.38. The van der Waals surface area contributed by atoms with Gasteiger partial charge in [0.15, 0.2) is 12.4 Å². The molecule has 1 heterocycles. The van der Waals surface area contributed by atoms with Gasteiger partial charge in [-0.05, 0) is 6.07 Å². The van der Waals surface area contributed by atoms with Crippen LogP contribution in [0.1, 0.15) is 10.5 Å². The molecule has 0 saturated heterocycles. The van der Waals surface area contributed by atoms with Crippen molar-refractivity contribution in [3.63, 3.8) is 0 Å². The fourth-order valence-electron chi connectivity index (χ4n) is 1.51. The average molecular weight is 312 g/mol. The maximum absolute atomic E-state index is 11.3. The van der Waals surface area contributed by atoms with Gasteiger partial charge < -0.3 is 4.74 Å². The van der Waals surface area contributed by atoms with Crippen molar-refractivity contribution in [1.82, 2.24) is 15.2 Å². The van der Waals surface area contributed by atoms with E-state index < -0.39 is 10.8 Å². The lowest BCUT2D eigenvalue weighted by Gasteiger charge is -2.05. The quantitative estimate of drug-likeness (QED) is 0.368. The minimum atomic E-state index is -0.630. The van der Waals surface area contributed by atoms with Gasteiger partial charge in [0.2, 0.25) is 0 Å². The summed E-state index contributed by atoms with van der Waals surface area (Å²) in [5.41, 5.74) is 1.79. The fourth-order valence-corrected chi connectivity index (χ4v) is 1.75. The monoisotopic (exact) mass is 311 g/mol. The smallest absolute Gasteiger partial charge is 0.287 e. The number of hydrogen-bond donors (Lipinski definition) is 2. The van der Waals surface area contributed by atoms with E-state index in [1.807, 2.05) is 5.43 Å². The molecule has 0 radical (unpaired) electrons. The molecule has 0 unspecified atom stereocenters. The Kier molecular flexibility index (Phi) is 4.36. The molecule has 0 spiro atoms. The Hall–Kier alpha value is -2.65. The van der Waals surface area contributed by atoms with E-state index in [1.54, 1.807) is 6.07 Å². The number of halogens is 1. The number of hydrogen-bond acceptors (Lipinski definition) is 6. The summed E-state index contributed by atoms with van der Waals surface area (Å²) in [6, 6.07) is 5.68. The van der Waals surface area contributed by atoms with E-state index in [-0.39, 0.29) is 23.1 Å². The number of nitrogens with one attached hydrogen (secondary N) is 1. The number of rotatable bonds is 5. The number of nitro groups is 1. The van der Waals surface area contributed by atoms with Crippen molar-refractivity contribution in [1.29, 1.82) is 0 Å². The lowest BCUT2D eigenvalue weighted by molar-refractivity contribution is -0.384. The number of aromatic nitrogens is 2. The predicted molar refractivity (Wildman–Crippen MR) is 72.6 cm³/mol. The van der Waals surface area contributed by atoms with Crippen LogP contribution in [0.4, 0.5) is 5.69 Å². The van der Waals surface area contributed by atoms with Crippen LogP contribution in [-0.2, 0) is 6.73 Å². The van der Waals surface area contributed by atoms with Crippen LogP contribution in [0.15, 0.2) is 30.5 Å². The first-order valence-corrected chi connectivity index (χ1v) is 6.00. The van der Waals surface area contributed by atoms with E-state index in [0.29, 0.717) is 5.75 Å². The van der Waals surface area contributed by atoms with Gasteiger partial charge in [0, 0.05) is 12.3 Å². The Morgan fingerprint density at radius 3 is 3.00 bits per heavy atom. The van der Waals surface area contributed by atoms with Crippen LogP contribution >= 0.6 is 11.6 Å². The van der Waals surface area contributed by atoms with E-state index in [1.165, 1.54) is 29.1 Å². The molecule has 0 saturated carbocycles. The molecule has 0 aliphatic rings. The Labute approximate surface area is 123 Å². The number of nitrogens with two attached hydrogens (primary N) is 1. The summed E-state index contributed by atoms with van der Waals surface area (Å²) in [7, 11) is 0. The number of nitro benzene ring substituents is 1. The number of non-ortho nitro benzene ring substituents is 1. The van der Waals surface area contributed by atoms with E-state index in [9.17, 15) is 14.9 Å². The van der Waals surface area contributed by atoms with Crippen LogP contribution in [0.5, 0.6) is 5.75 Å². The van der Waals surface area contributed by atoms with Crippen molar-refractivity contribution in [2.45, 2.75) is 6.73 Å². The fraction of sp³-hybridized carbons (Fsp3) is 0.0909. The molecular formula is C11H10ClN5O4. The number of nitrogen functional groups attached to an aromatic ring is 1. The molecule has 0 aliphatic carbocycles. The van der Waals surface area contributed by atoms with Gasteiger partial charge in [-0.25, -0.2) is 10.5 Å². The van der Waals surface area contributed by atoms with Crippen LogP contribution in [0, 0.1) is 10.1 Å². The van der Waals surface area contributed by atoms with Crippen LogP contribution in [0.25, 0.3) is 0 Å². The maximum Gasteiger partial charge on any atom is 0.287 e. The maximum atomic E-state index is 11.3. The Morgan fingerprint density at radius 1 is 1.57 bits per heavy atom. The molecule has 2 aromatic rings. The molecule has 110 valence electrons. The minimum Gasteiger partial charge on any atom is -0.471 e. The summed E-state index contributed by atoms with van der Waals surface area (Å²) in [4.78, 5) is 21.4. The van der Waals surface area contributed by atoms with Crippen molar-refractivity contribution in [3.8, 4) is 5.75 Å². The van der Waals surface area contributed by atoms with Gasteiger partial charge in [0.25, 0.3) is 11.6 Å². The first-order chi connectivity index (χ1) is 10.0. The third-order valence-corrected chi connectivity index (χ3v) is 2.73. The number of carbonyl (C=O) groups excluding carboxylic acids is 1. The zero-order chi connectivity index (χ0) is 15.4. The molecular weight excluding hydrogens is 302 g/mol. The van der Waals surface area contributed by atoms with Gasteiger partial charge >= 0.3 is 0 Å². The first kappa shape index (κ1) is 14.8. The number of benzene rings is 1. The lowest BCUT2D eigenvalue weighted by atomic mass is 10.3. The molecule has 1 amide bonds. The number of hydrazine groups is 1. The molecule has 2 rings (SSSR count). The van der Waals surface area contributed by atoms with Crippen molar-refractivity contribution >= 4 is 23.2 Å². The van der Waals surface area contributed by atoms with Crippen molar-refractivity contribution < 1.29 is 14.5 Å². The van der Waals surface area contributed by atoms with Gasteiger partial charge in [-0.1, -0.05) is 17.7 Å². The molecule has 1 aromatic carbocycles. The Balaban J connectivity index is 2.08. The zero-order valence-electron chi connectivity index (χ0n) is 10.5. The summed E-state index contributed by atoms with van der Waals surface area (Å²) < 4.78 is 6.61. The second kappa shape index (κ2) is 6.20. The molecule has 0 fully saturated rings. The highest BCUT2D eigenvalue weighted by molar-refractivity contribution is 6.33. The standard InChI is InChI=1S/C11H10ClN5O4/c12-9-5-16(15-10(9)11(18)14-13)6-21-8-3-1-2-7(4-8)17(19)20/h1-5H,6,13H2,(H,14,18). The highest BCUT2D eigenvalue weighted by Crippen LogP contribution is 2.20. The molecule has 0 bridgehead atoms. The molecule has 9 nitrogen and oxygen atoms in total. The Bertz CT molecular complexity index is 687. The third-order valence-electron chi connectivity index (χ3n) is 2.46. The van der Waals surface area contributed by atoms with Gasteiger partial charge in [0.05, 0.1) is 16.0 Å². The highest BCUT2D eigenvalue weighted by Gasteiger charge is 2.14. The van der Waals surface area contributed by atoms with E-state index in [0.717, 1.165) is 0 Å². The summed E-state index contributed by atoms with van der Waals surface area (Å²) in [6.45, 7) is -0.0707. The minimum absolute atomic E-state index is 0.0400. The number of amides is 1. The molecule has 0 aliphatic heterocycles. The third kappa shape index (κ3) is 3.46. The van der Waals surface area contributed by atoms with Crippen LogP contribution in [0.3, 0.4) is 0 Å². The van der Waals surface area contributed by atoms with E-state index in [2.05, 4.69) is 5.10 Å². The molecule has 1 aromatic heterocycles. The first-order valence-electron chi connectivity index (χ1n) is 5.62. The summed E-state index contributed by atoms with van der Waals surface area (Å²) in [5, 5.41) is 14.6. The highest BCUT2D eigenvalue weighted by atomic mass is 35.5. The van der Waals surface area contributed by atoms with Crippen molar-refractivity contribution in [2.75, 3.05) is 0 Å². The SMILES string of the molecule is NNC(=O)c1nn(COc2cccc([N+](=O)[O-])c2)cc1Cl. The Morgan fingerprint density at radius 2 is 2.33 bits per heavy atom. The zero-order valence-corrected chi connectivity index (χ0v) is 11.3. The summed E-state index contributed by atoms with van der Waals surface area (Å²) >= 11 is 5.82. The topological polar surface area (TPSA) is 125 Å². The van der Waals surface area contributed by atoms with Crippen molar-refractivity contribution in [2.24, 2.45) is 5.84 Å². The largest absolute Gasteiger partial charge is 0.471 e. The molecule has 21 heavy (non-hydrogen) atoms. The predicted octanol–water partition coefficient (Wildman–Crippen LogP) is 1.08. The summed E-state index contributed by atoms with van der Waals surface area (Å²) in [5.74, 6) is 4.65. The van der Waals surface area contributed by atoms with Gasteiger partial charge in [0.1, 0.15) is 5.75 Å². The van der Waals surface area contributed by atoms with Gasteiger partial charge in [-0.3, -0.25) is 20.3 Å². The normalized spacial score (nSPS) is 10.2. The second-order valence-electron chi connectivity index (χ2n) is 3.87. The second-order valence-corrected chi connectivity index (χ2v) is 4.27. The van der Waals surface area contributed by atoms with Gasteiger partial charge in [-0.15, -0.1) is 0 Å². The number of carbonyl (C=O) groups is 1. The van der Waals surface area contributed by atoms with E-state index >= 15 is 0 Å². The van der Waals surface area contributed by atoms with Gasteiger partial charge in [-0.2, -0.15) is 5.10 Å². The van der Waals surface area contributed by atoms with Crippen LogP contribution < -0.4 is 16.0 Å².